The summed E-state index contributed by atoms with van der Waals surface area (Å²) in [6, 6.07) is 11.1. The largest absolute Gasteiger partial charge is 0.433 e. The number of halogens is 4. The average molecular weight is 492 g/mol. The molecule has 162 valence electrons. The smallest absolute Gasteiger partial charge is 0.348 e. The van der Waals surface area contributed by atoms with E-state index in [1.807, 2.05) is 36.9 Å². The summed E-state index contributed by atoms with van der Waals surface area (Å²) < 4.78 is 42.1. The summed E-state index contributed by atoms with van der Waals surface area (Å²) in [6.45, 7) is 1.99. The number of aromatic nitrogens is 3. The number of aliphatic imine (C=N–C) groups is 1. The highest BCUT2D eigenvalue weighted by Crippen LogP contribution is 2.29. The molecule has 0 radical (unpaired) electrons. The minimum Gasteiger partial charge on any atom is -0.348 e. The van der Waals surface area contributed by atoms with Crippen LogP contribution in [0, 0.1) is 0 Å². The van der Waals surface area contributed by atoms with E-state index in [0.29, 0.717) is 22.6 Å². The second kappa shape index (κ2) is 9.91. The Balaban J connectivity index is 2.10. The van der Waals surface area contributed by atoms with E-state index in [-0.39, 0.29) is 5.69 Å². The lowest BCUT2D eigenvalue weighted by molar-refractivity contribution is -0.141. The second-order valence-corrected chi connectivity index (χ2v) is 7.55. The van der Waals surface area contributed by atoms with Gasteiger partial charge in [0.2, 0.25) is 0 Å². The topological polar surface area (TPSA) is 55.1 Å². The molecule has 0 fully saturated rings. The third-order valence-corrected chi connectivity index (χ3v) is 4.77. The number of hydrogen-bond donors (Lipinski definition) is 1. The number of anilines is 1. The van der Waals surface area contributed by atoms with Gasteiger partial charge < -0.3 is 9.88 Å². The molecule has 0 spiro atoms. The van der Waals surface area contributed by atoms with Crippen molar-refractivity contribution in [1.29, 1.82) is 0 Å². The quantitative estimate of drug-likeness (QED) is 0.250. The highest BCUT2D eigenvalue weighted by molar-refractivity contribution is 9.10. The van der Waals surface area contributed by atoms with Gasteiger partial charge in [-0.3, -0.25) is 0 Å². The molecule has 0 aliphatic heterocycles. The van der Waals surface area contributed by atoms with Crippen LogP contribution in [0.2, 0.25) is 0 Å². The van der Waals surface area contributed by atoms with Crippen LogP contribution in [-0.4, -0.2) is 20.4 Å². The molecule has 5 nitrogen and oxygen atoms in total. The number of allylic oxidation sites excluding steroid dienone is 1. The zero-order chi connectivity index (χ0) is 22.4. The third kappa shape index (κ3) is 6.04. The summed E-state index contributed by atoms with van der Waals surface area (Å²) in [4.78, 5) is 12.7. The van der Waals surface area contributed by atoms with Crippen LogP contribution in [0.15, 0.2) is 70.5 Å². The van der Waals surface area contributed by atoms with Crippen molar-refractivity contribution < 1.29 is 13.2 Å². The molecule has 0 aromatic carbocycles. The minimum atomic E-state index is -4.53. The molecule has 0 aliphatic carbocycles. The lowest BCUT2D eigenvalue weighted by Gasteiger charge is -2.14. The molecule has 3 heterocycles. The Bertz CT molecular complexity index is 1100. The van der Waals surface area contributed by atoms with Crippen molar-refractivity contribution in [3.8, 4) is 0 Å². The molecule has 1 N–H and O–H groups in total. The van der Waals surface area contributed by atoms with Crippen molar-refractivity contribution in [1.82, 2.24) is 14.5 Å². The molecular weight excluding hydrogens is 471 g/mol. The van der Waals surface area contributed by atoms with E-state index in [2.05, 4.69) is 31.2 Å². The van der Waals surface area contributed by atoms with E-state index in [4.69, 9.17) is 4.99 Å². The zero-order valence-electron chi connectivity index (χ0n) is 17.0. The molecule has 0 saturated carbocycles. The first kappa shape index (κ1) is 22.7. The Morgan fingerprint density at radius 1 is 1.23 bits per heavy atom. The Morgan fingerprint density at radius 2 is 2.03 bits per heavy atom. The van der Waals surface area contributed by atoms with Gasteiger partial charge in [0.05, 0.1) is 17.1 Å². The van der Waals surface area contributed by atoms with Crippen molar-refractivity contribution in [2.45, 2.75) is 25.9 Å². The standard InChI is InChI=1S/C22H21BrF3N5/c1-3-4-7-17(16-8-5-10-19(29-16)22(24,25)26)30-21(18-9-6-13-31(18)2)28-15-11-12-27-20(23)14-15/h5-14H,3-4H2,1-2H3,(H,27,28,30)/b17-7+. The molecule has 0 bridgehead atoms. The molecule has 0 unspecified atom stereocenters. The number of aryl methyl sites for hydroxylation is 1. The summed E-state index contributed by atoms with van der Waals surface area (Å²) in [7, 11) is 1.87. The van der Waals surface area contributed by atoms with Crippen LogP contribution in [0.3, 0.4) is 0 Å². The Kier molecular flexibility index (Phi) is 7.27. The lowest BCUT2D eigenvalue weighted by atomic mass is 10.2. The van der Waals surface area contributed by atoms with E-state index in [1.165, 1.54) is 12.1 Å². The third-order valence-electron chi connectivity index (χ3n) is 4.34. The number of hydrogen-bond acceptors (Lipinski definition) is 3. The number of alkyl halides is 3. The number of nitrogens with zero attached hydrogens (tertiary/aromatic N) is 4. The van der Waals surface area contributed by atoms with Gasteiger partial charge in [-0.25, -0.2) is 15.0 Å². The van der Waals surface area contributed by atoms with Crippen molar-refractivity contribution >= 4 is 33.1 Å². The van der Waals surface area contributed by atoms with Crippen molar-refractivity contribution in [3.05, 3.63) is 82.6 Å². The van der Waals surface area contributed by atoms with Gasteiger partial charge in [0, 0.05) is 25.1 Å². The summed E-state index contributed by atoms with van der Waals surface area (Å²) in [5, 5.41) is 3.25. The molecule has 0 amide bonds. The first-order valence-electron chi connectivity index (χ1n) is 9.61. The molecule has 0 aliphatic rings. The van der Waals surface area contributed by atoms with Crippen LogP contribution in [0.25, 0.3) is 5.70 Å². The normalized spacial score (nSPS) is 12.8. The fraction of sp³-hybridized carbons (Fsp3) is 0.227. The van der Waals surface area contributed by atoms with E-state index in [9.17, 15) is 13.2 Å². The minimum absolute atomic E-state index is 0.160. The van der Waals surface area contributed by atoms with Crippen LogP contribution in [-0.2, 0) is 13.2 Å². The monoisotopic (exact) mass is 491 g/mol. The van der Waals surface area contributed by atoms with Crippen LogP contribution < -0.4 is 5.32 Å². The Morgan fingerprint density at radius 3 is 2.68 bits per heavy atom. The highest BCUT2D eigenvalue weighted by atomic mass is 79.9. The van der Waals surface area contributed by atoms with Crippen LogP contribution in [0.1, 0.15) is 36.8 Å². The van der Waals surface area contributed by atoms with Gasteiger partial charge in [0.25, 0.3) is 0 Å². The van der Waals surface area contributed by atoms with Gasteiger partial charge in [-0.2, -0.15) is 13.2 Å². The summed E-state index contributed by atoms with van der Waals surface area (Å²) in [6.07, 6.45) is 2.25. The molecule has 9 heteroatoms. The number of amidine groups is 1. The molecule has 3 aromatic heterocycles. The SMILES string of the molecule is CCC/C=C(/N=C(Nc1ccnc(Br)c1)c1cccn1C)c1cccc(C(F)(F)F)n1. The van der Waals surface area contributed by atoms with E-state index < -0.39 is 11.9 Å². The Labute approximate surface area is 186 Å². The van der Waals surface area contributed by atoms with Crippen LogP contribution in [0.5, 0.6) is 0 Å². The van der Waals surface area contributed by atoms with Crippen molar-refractivity contribution in [3.63, 3.8) is 0 Å². The number of nitrogens with one attached hydrogen (secondary N) is 1. The van der Waals surface area contributed by atoms with Gasteiger partial charge in [-0.1, -0.05) is 25.5 Å². The number of unbranched alkanes of at least 4 members (excludes halogenated alkanes) is 1. The first-order chi connectivity index (χ1) is 14.8. The van der Waals surface area contributed by atoms with E-state index in [1.54, 1.807) is 24.4 Å². The number of rotatable bonds is 6. The molecule has 0 saturated heterocycles. The van der Waals surface area contributed by atoms with Gasteiger partial charge in [-0.05, 0) is 58.7 Å². The predicted molar refractivity (Wildman–Crippen MR) is 120 cm³/mol. The second-order valence-electron chi connectivity index (χ2n) is 6.74. The maximum absolute atomic E-state index is 13.2. The van der Waals surface area contributed by atoms with E-state index >= 15 is 0 Å². The van der Waals surface area contributed by atoms with Gasteiger partial charge in [0.15, 0.2) is 5.84 Å². The molecular formula is C22H21BrF3N5. The Hall–Kier alpha value is -2.94. The first-order valence-corrected chi connectivity index (χ1v) is 10.4. The molecule has 31 heavy (non-hydrogen) atoms. The predicted octanol–water partition coefficient (Wildman–Crippen LogP) is 6.30. The fourth-order valence-corrected chi connectivity index (χ4v) is 3.18. The summed E-state index contributed by atoms with van der Waals surface area (Å²) in [5.41, 5.74) is 1.07. The summed E-state index contributed by atoms with van der Waals surface area (Å²) in [5.74, 6) is 0.479. The van der Waals surface area contributed by atoms with Crippen molar-refractivity contribution in [2.75, 3.05) is 5.32 Å². The van der Waals surface area contributed by atoms with Gasteiger partial charge in [-0.15, -0.1) is 0 Å². The molecule has 3 aromatic rings. The van der Waals surface area contributed by atoms with Gasteiger partial charge >= 0.3 is 6.18 Å². The average Bonchev–Trinajstić information content (AvgIpc) is 3.15. The fourth-order valence-electron chi connectivity index (χ4n) is 2.82. The maximum atomic E-state index is 13.2. The maximum Gasteiger partial charge on any atom is 0.433 e. The van der Waals surface area contributed by atoms with E-state index in [0.717, 1.165) is 23.9 Å². The number of pyridine rings is 2. The van der Waals surface area contributed by atoms with Crippen LogP contribution >= 0.6 is 15.9 Å². The zero-order valence-corrected chi connectivity index (χ0v) is 18.6. The highest BCUT2D eigenvalue weighted by Gasteiger charge is 2.32. The lowest BCUT2D eigenvalue weighted by Crippen LogP contribution is -2.17. The van der Waals surface area contributed by atoms with Crippen molar-refractivity contribution in [2.24, 2.45) is 12.0 Å². The summed E-state index contributed by atoms with van der Waals surface area (Å²) >= 11 is 3.34. The van der Waals surface area contributed by atoms with Gasteiger partial charge in [0.1, 0.15) is 10.3 Å². The molecule has 0 atom stereocenters. The molecule has 3 rings (SSSR count). The van der Waals surface area contributed by atoms with Crippen LogP contribution in [0.4, 0.5) is 18.9 Å².